The Morgan fingerprint density at radius 3 is 2.70 bits per heavy atom. The molecule has 23 heavy (non-hydrogen) atoms. The van der Waals surface area contributed by atoms with Crippen LogP contribution in [0.4, 0.5) is 0 Å². The van der Waals surface area contributed by atoms with Crippen molar-refractivity contribution in [3.63, 3.8) is 0 Å². The van der Waals surface area contributed by atoms with E-state index in [9.17, 15) is 14.4 Å². The molecule has 0 unspecified atom stereocenters. The molecule has 0 aliphatic carbocycles. The van der Waals surface area contributed by atoms with Crippen LogP contribution in [0.15, 0.2) is 39.4 Å². The Morgan fingerprint density at radius 2 is 2.04 bits per heavy atom. The van der Waals surface area contributed by atoms with Crippen molar-refractivity contribution in [3.05, 3.63) is 53.4 Å². The van der Waals surface area contributed by atoms with E-state index >= 15 is 0 Å². The number of hydrogen-bond donors (Lipinski definition) is 2. The maximum atomic E-state index is 11.6. The lowest BCUT2D eigenvalue weighted by molar-refractivity contribution is -0.117. The van der Waals surface area contributed by atoms with E-state index < -0.39 is 17.8 Å². The molecule has 2 rings (SSSR count). The number of carbonyl (C=O) groups excluding carboxylic acids is 3. The van der Waals surface area contributed by atoms with Crippen LogP contribution in [0, 0.1) is 6.92 Å². The van der Waals surface area contributed by atoms with Gasteiger partial charge in [0.1, 0.15) is 17.1 Å². The molecule has 8 heteroatoms. The Bertz CT molecular complexity index is 742. The number of hydrazine groups is 1. The van der Waals surface area contributed by atoms with Gasteiger partial charge >= 0.3 is 11.9 Å². The number of methoxy groups -OCH3 is 1. The summed E-state index contributed by atoms with van der Waals surface area (Å²) in [7, 11) is 1.26. The molecule has 2 amide bonds. The number of ether oxygens (including phenoxy) is 1. The molecule has 0 aliphatic heterocycles. The first kappa shape index (κ1) is 16.1. The largest absolute Gasteiger partial charge is 0.465 e. The topological polar surface area (TPSA) is 111 Å². The fraction of sp³-hybridized carbons (Fsp3) is 0.133. The van der Waals surface area contributed by atoms with E-state index in [-0.39, 0.29) is 11.3 Å². The third-order valence-corrected chi connectivity index (χ3v) is 2.79. The van der Waals surface area contributed by atoms with Crippen LogP contribution in [0.1, 0.15) is 32.4 Å². The number of nitrogens with one attached hydrogen (secondary N) is 2. The molecule has 2 aromatic rings. The van der Waals surface area contributed by atoms with Gasteiger partial charge in [0, 0.05) is 6.08 Å². The second-order valence-electron chi connectivity index (χ2n) is 4.36. The van der Waals surface area contributed by atoms with E-state index in [0.717, 1.165) is 6.08 Å². The SMILES string of the molecule is COC(=O)c1cc(C=CC(=O)NNC(=O)c2ccco2)oc1C. The molecule has 0 atom stereocenters. The summed E-state index contributed by atoms with van der Waals surface area (Å²) in [5.74, 6) is -0.949. The minimum Gasteiger partial charge on any atom is -0.465 e. The number of rotatable bonds is 4. The zero-order valence-electron chi connectivity index (χ0n) is 12.4. The van der Waals surface area contributed by atoms with Gasteiger partial charge in [-0.2, -0.15) is 0 Å². The molecule has 0 aliphatic rings. The highest BCUT2D eigenvalue weighted by Crippen LogP contribution is 2.16. The summed E-state index contributed by atoms with van der Waals surface area (Å²) in [5, 5.41) is 0. The molecule has 2 N–H and O–H groups in total. The van der Waals surface area contributed by atoms with Gasteiger partial charge in [0.05, 0.1) is 13.4 Å². The van der Waals surface area contributed by atoms with E-state index in [1.165, 1.54) is 31.6 Å². The molecule has 0 bridgehead atoms. The maximum Gasteiger partial charge on any atom is 0.341 e. The number of aryl methyl sites for hydroxylation is 1. The first-order valence-corrected chi connectivity index (χ1v) is 6.52. The molecule has 0 fully saturated rings. The van der Waals surface area contributed by atoms with Crippen molar-refractivity contribution in [2.75, 3.05) is 7.11 Å². The zero-order valence-corrected chi connectivity index (χ0v) is 12.4. The van der Waals surface area contributed by atoms with E-state index in [4.69, 9.17) is 8.83 Å². The number of amides is 2. The highest BCUT2D eigenvalue weighted by molar-refractivity contribution is 5.96. The predicted molar refractivity (Wildman–Crippen MR) is 78.1 cm³/mol. The van der Waals surface area contributed by atoms with E-state index in [0.29, 0.717) is 11.5 Å². The fourth-order valence-electron chi connectivity index (χ4n) is 1.69. The smallest absolute Gasteiger partial charge is 0.341 e. The molecular weight excluding hydrogens is 304 g/mol. The Hall–Kier alpha value is -3.29. The minimum absolute atomic E-state index is 0.0682. The molecule has 2 aromatic heterocycles. The normalized spacial score (nSPS) is 10.5. The Kier molecular flexibility index (Phi) is 4.98. The van der Waals surface area contributed by atoms with E-state index in [1.54, 1.807) is 13.0 Å². The summed E-state index contributed by atoms with van der Waals surface area (Å²) < 4.78 is 14.8. The molecule has 120 valence electrons. The number of carbonyl (C=O) groups is 3. The predicted octanol–water partition coefficient (Wildman–Crippen LogP) is 1.44. The number of furan rings is 2. The third-order valence-electron chi connectivity index (χ3n) is 2.79. The van der Waals surface area contributed by atoms with Crippen molar-refractivity contribution < 1.29 is 28.0 Å². The first-order valence-electron chi connectivity index (χ1n) is 6.52. The van der Waals surface area contributed by atoms with Crippen molar-refractivity contribution in [2.24, 2.45) is 0 Å². The first-order chi connectivity index (χ1) is 11.0. The second-order valence-corrected chi connectivity index (χ2v) is 4.36. The van der Waals surface area contributed by atoms with Crippen molar-refractivity contribution >= 4 is 23.9 Å². The Balaban J connectivity index is 1.91. The van der Waals surface area contributed by atoms with Gasteiger partial charge in [-0.05, 0) is 31.2 Å². The second kappa shape index (κ2) is 7.12. The van der Waals surface area contributed by atoms with Crippen LogP contribution in [0.3, 0.4) is 0 Å². The van der Waals surface area contributed by atoms with Crippen LogP contribution < -0.4 is 10.9 Å². The van der Waals surface area contributed by atoms with Gasteiger partial charge in [-0.3, -0.25) is 20.4 Å². The van der Waals surface area contributed by atoms with Gasteiger partial charge in [0.2, 0.25) is 0 Å². The van der Waals surface area contributed by atoms with E-state index in [2.05, 4.69) is 15.6 Å². The molecule has 0 saturated heterocycles. The van der Waals surface area contributed by atoms with E-state index in [1.807, 2.05) is 0 Å². The Labute approximate surface area is 131 Å². The fourth-order valence-corrected chi connectivity index (χ4v) is 1.69. The van der Waals surface area contributed by atoms with Crippen LogP contribution in [0.25, 0.3) is 6.08 Å². The third kappa shape index (κ3) is 4.10. The van der Waals surface area contributed by atoms with Crippen LogP contribution in [-0.4, -0.2) is 24.9 Å². The molecule has 0 aromatic carbocycles. The summed E-state index contributed by atoms with van der Waals surface area (Å²) >= 11 is 0. The van der Waals surface area contributed by atoms with Crippen LogP contribution in [0.5, 0.6) is 0 Å². The quantitative estimate of drug-likeness (QED) is 0.501. The summed E-state index contributed by atoms with van der Waals surface area (Å²) in [5.41, 5.74) is 4.63. The molecule has 0 radical (unpaired) electrons. The summed E-state index contributed by atoms with van der Waals surface area (Å²) in [6.45, 7) is 1.60. The van der Waals surface area contributed by atoms with Crippen LogP contribution in [-0.2, 0) is 9.53 Å². The van der Waals surface area contributed by atoms with Gasteiger partial charge in [-0.1, -0.05) is 0 Å². The highest BCUT2D eigenvalue weighted by Gasteiger charge is 2.14. The molecule has 8 nitrogen and oxygen atoms in total. The van der Waals surface area contributed by atoms with Gasteiger partial charge in [0.15, 0.2) is 5.76 Å². The van der Waals surface area contributed by atoms with Crippen molar-refractivity contribution in [1.29, 1.82) is 0 Å². The lowest BCUT2D eigenvalue weighted by Gasteiger charge is -2.02. The monoisotopic (exact) mass is 318 g/mol. The molecule has 2 heterocycles. The standard InChI is InChI=1S/C15H14N2O6/c1-9-11(15(20)21-2)8-10(23-9)5-6-13(18)16-17-14(19)12-4-3-7-22-12/h3-8H,1-2H3,(H,16,18)(H,17,19). The van der Waals surface area contributed by atoms with Gasteiger partial charge < -0.3 is 13.6 Å². The van der Waals surface area contributed by atoms with Gasteiger partial charge in [-0.25, -0.2) is 4.79 Å². The number of hydrogen-bond acceptors (Lipinski definition) is 6. The van der Waals surface area contributed by atoms with Crippen LogP contribution >= 0.6 is 0 Å². The highest BCUT2D eigenvalue weighted by atomic mass is 16.5. The summed E-state index contributed by atoms with van der Waals surface area (Å²) in [6, 6.07) is 4.46. The van der Waals surface area contributed by atoms with Crippen molar-refractivity contribution in [3.8, 4) is 0 Å². The summed E-state index contributed by atoms with van der Waals surface area (Å²) in [6.07, 6.45) is 3.84. The van der Waals surface area contributed by atoms with Crippen LogP contribution in [0.2, 0.25) is 0 Å². The summed E-state index contributed by atoms with van der Waals surface area (Å²) in [4.78, 5) is 34.6. The average molecular weight is 318 g/mol. The van der Waals surface area contributed by atoms with Gasteiger partial charge in [0.25, 0.3) is 5.91 Å². The number of esters is 1. The average Bonchev–Trinajstić information content (AvgIpc) is 3.19. The Morgan fingerprint density at radius 1 is 1.26 bits per heavy atom. The molecule has 0 spiro atoms. The maximum absolute atomic E-state index is 11.6. The zero-order chi connectivity index (χ0) is 16.8. The molecule has 0 saturated carbocycles. The van der Waals surface area contributed by atoms with Crippen molar-refractivity contribution in [2.45, 2.75) is 6.92 Å². The molecular formula is C15H14N2O6. The lowest BCUT2D eigenvalue weighted by atomic mass is 10.2. The lowest BCUT2D eigenvalue weighted by Crippen LogP contribution is -2.40. The van der Waals surface area contributed by atoms with Gasteiger partial charge in [-0.15, -0.1) is 0 Å². The van der Waals surface area contributed by atoms with Crippen molar-refractivity contribution in [1.82, 2.24) is 10.9 Å². The minimum atomic E-state index is -0.585.